The molecule has 3 aliphatic rings. The summed E-state index contributed by atoms with van der Waals surface area (Å²) < 4.78 is 18.4. The van der Waals surface area contributed by atoms with Crippen LogP contribution >= 0.6 is 0 Å². The Balaban J connectivity index is 0.936. The SMILES string of the molecule is O=C(O)c1cn(C2CC2)c2cc(N3CCN(CCCCn4c(=O)cc(Nc5ccc6c(c5)CCC6)[nH]c4=O)CC3)c(F)cc2c1=O. The van der Waals surface area contributed by atoms with Gasteiger partial charge in [-0.2, -0.15) is 0 Å². The Morgan fingerprint density at radius 2 is 1.72 bits per heavy atom. The number of aromatic nitrogens is 3. The number of unbranched alkanes of at least 4 members (excludes halogenated alkanes) is 1. The zero-order chi connectivity index (χ0) is 31.9. The van der Waals surface area contributed by atoms with Gasteiger partial charge in [-0.25, -0.2) is 14.0 Å². The number of carboxylic acid groups (broad SMARTS) is 1. The number of carboxylic acids is 1. The van der Waals surface area contributed by atoms with Crippen LogP contribution in [0.15, 0.2) is 57.0 Å². The summed E-state index contributed by atoms with van der Waals surface area (Å²) in [6.45, 7) is 3.74. The first-order valence-electron chi connectivity index (χ1n) is 16.1. The third kappa shape index (κ3) is 5.96. The molecule has 2 fully saturated rings. The number of halogens is 1. The Morgan fingerprint density at radius 3 is 2.46 bits per heavy atom. The van der Waals surface area contributed by atoms with Crippen molar-refractivity contribution < 1.29 is 14.3 Å². The lowest BCUT2D eigenvalue weighted by Crippen LogP contribution is -2.47. The molecule has 240 valence electrons. The summed E-state index contributed by atoms with van der Waals surface area (Å²) in [5, 5.41) is 12.7. The Labute approximate surface area is 263 Å². The van der Waals surface area contributed by atoms with Gasteiger partial charge in [0.25, 0.3) is 5.56 Å². The summed E-state index contributed by atoms with van der Waals surface area (Å²) >= 11 is 0. The largest absolute Gasteiger partial charge is 0.477 e. The van der Waals surface area contributed by atoms with Crippen molar-refractivity contribution in [2.75, 3.05) is 42.9 Å². The number of piperazine rings is 1. The Hall–Kier alpha value is -4.71. The second kappa shape index (κ2) is 12.2. The smallest absolute Gasteiger partial charge is 0.341 e. The molecule has 0 unspecified atom stereocenters. The van der Waals surface area contributed by atoms with E-state index in [4.69, 9.17) is 0 Å². The number of hydrogen-bond acceptors (Lipinski definition) is 7. The number of nitrogens with zero attached hydrogens (tertiary/aromatic N) is 4. The summed E-state index contributed by atoms with van der Waals surface area (Å²) in [6, 6.07) is 10.6. The number of rotatable bonds is 10. The van der Waals surface area contributed by atoms with E-state index in [1.165, 1.54) is 34.0 Å². The van der Waals surface area contributed by atoms with E-state index in [-0.39, 0.29) is 22.6 Å². The predicted molar refractivity (Wildman–Crippen MR) is 174 cm³/mol. The number of carbonyl (C=O) groups is 1. The summed E-state index contributed by atoms with van der Waals surface area (Å²) in [5.74, 6) is -1.46. The molecule has 1 saturated heterocycles. The fourth-order valence-corrected chi connectivity index (χ4v) is 6.83. The van der Waals surface area contributed by atoms with Crippen LogP contribution in [0, 0.1) is 5.82 Å². The maximum Gasteiger partial charge on any atom is 0.341 e. The minimum Gasteiger partial charge on any atom is -0.477 e. The fraction of sp³-hybridized carbons (Fsp3) is 0.412. The molecule has 46 heavy (non-hydrogen) atoms. The maximum atomic E-state index is 15.3. The maximum absolute atomic E-state index is 15.3. The lowest BCUT2D eigenvalue weighted by molar-refractivity contribution is 0.0695. The molecule has 11 nitrogen and oxygen atoms in total. The van der Waals surface area contributed by atoms with Crippen LogP contribution in [0.2, 0.25) is 0 Å². The average Bonchev–Trinajstić information content (AvgIpc) is 3.77. The van der Waals surface area contributed by atoms with Gasteiger partial charge in [-0.3, -0.25) is 24.0 Å². The number of anilines is 3. The highest BCUT2D eigenvalue weighted by Gasteiger charge is 2.28. The third-order valence-electron chi connectivity index (χ3n) is 9.49. The topological polar surface area (TPSA) is 133 Å². The van der Waals surface area contributed by atoms with Gasteiger partial charge in [0.05, 0.1) is 11.2 Å². The summed E-state index contributed by atoms with van der Waals surface area (Å²) in [4.78, 5) is 56.9. The summed E-state index contributed by atoms with van der Waals surface area (Å²) in [7, 11) is 0. The Morgan fingerprint density at radius 1 is 0.957 bits per heavy atom. The van der Waals surface area contributed by atoms with Crippen LogP contribution < -0.4 is 26.9 Å². The fourth-order valence-electron chi connectivity index (χ4n) is 6.83. The lowest BCUT2D eigenvalue weighted by atomic mass is 10.1. The number of H-pyrrole nitrogens is 1. The molecule has 2 aromatic carbocycles. The van der Waals surface area contributed by atoms with Crippen LogP contribution in [0.25, 0.3) is 10.9 Å². The van der Waals surface area contributed by atoms with E-state index in [0.717, 1.165) is 50.8 Å². The van der Waals surface area contributed by atoms with Crippen molar-refractivity contribution in [3.05, 3.63) is 96.2 Å². The van der Waals surface area contributed by atoms with Crippen LogP contribution in [-0.4, -0.2) is 62.8 Å². The van der Waals surface area contributed by atoms with Crippen LogP contribution in [0.4, 0.5) is 21.6 Å². The number of aryl methyl sites for hydroxylation is 2. The van der Waals surface area contributed by atoms with Crippen molar-refractivity contribution in [3.63, 3.8) is 0 Å². The molecule has 3 N–H and O–H groups in total. The molecule has 0 atom stereocenters. The minimum atomic E-state index is -1.31. The van der Waals surface area contributed by atoms with Crippen molar-refractivity contribution in [1.29, 1.82) is 0 Å². The minimum absolute atomic E-state index is 0.0922. The highest BCUT2D eigenvalue weighted by Crippen LogP contribution is 2.38. The van der Waals surface area contributed by atoms with Gasteiger partial charge in [-0.05, 0) is 86.9 Å². The Kier molecular flexibility index (Phi) is 7.97. The molecule has 12 heteroatoms. The van der Waals surface area contributed by atoms with Gasteiger partial charge < -0.3 is 19.9 Å². The van der Waals surface area contributed by atoms with Gasteiger partial charge in [-0.1, -0.05) is 6.07 Å². The van der Waals surface area contributed by atoms with Crippen LogP contribution in [0.5, 0.6) is 0 Å². The molecule has 1 aliphatic heterocycles. The van der Waals surface area contributed by atoms with Crippen molar-refractivity contribution in [3.8, 4) is 0 Å². The highest BCUT2D eigenvalue weighted by atomic mass is 19.1. The van der Waals surface area contributed by atoms with Crippen LogP contribution in [0.1, 0.15) is 59.6 Å². The van der Waals surface area contributed by atoms with E-state index in [1.54, 1.807) is 6.07 Å². The second-order valence-electron chi connectivity index (χ2n) is 12.6. The number of aromatic amines is 1. The predicted octanol–water partition coefficient (Wildman–Crippen LogP) is 3.86. The van der Waals surface area contributed by atoms with E-state index < -0.39 is 22.9 Å². The standard InChI is InChI=1S/C34H37FN6O5/c35-27-17-25-28(41(24-8-9-24)20-26(32(25)43)33(44)45)18-29(27)39-14-12-38(13-15-39)10-1-2-11-40-31(42)19-30(37-34(40)46)36-23-7-6-21-4-3-5-22(21)16-23/h6-7,16-20,24,36H,1-5,8-15H2,(H,37,46)(H,44,45). The van der Waals surface area contributed by atoms with Crippen molar-refractivity contribution in [2.45, 2.75) is 57.5 Å². The molecule has 0 spiro atoms. The molecule has 0 radical (unpaired) electrons. The van der Waals surface area contributed by atoms with Crippen LogP contribution in [0.3, 0.4) is 0 Å². The van der Waals surface area contributed by atoms with Crippen LogP contribution in [-0.2, 0) is 19.4 Å². The number of pyridine rings is 1. The molecular weight excluding hydrogens is 591 g/mol. The number of hydrogen-bond donors (Lipinski definition) is 3. The summed E-state index contributed by atoms with van der Waals surface area (Å²) in [6.07, 6.45) is 7.93. The molecular formula is C34H37FN6O5. The number of aromatic carboxylic acids is 1. The average molecular weight is 629 g/mol. The Bertz CT molecular complexity index is 1970. The number of benzene rings is 2. The van der Waals surface area contributed by atoms with Gasteiger partial charge in [-0.15, -0.1) is 0 Å². The van der Waals surface area contributed by atoms with Crippen molar-refractivity contribution in [1.82, 2.24) is 19.0 Å². The molecule has 2 aliphatic carbocycles. The van der Waals surface area contributed by atoms with E-state index in [0.29, 0.717) is 56.2 Å². The molecule has 1 saturated carbocycles. The van der Waals surface area contributed by atoms with Crippen molar-refractivity contribution >= 4 is 34.1 Å². The normalized spacial score (nSPS) is 16.6. The van der Waals surface area contributed by atoms with Gasteiger partial charge in [0.15, 0.2) is 0 Å². The lowest BCUT2D eigenvalue weighted by Gasteiger charge is -2.36. The second-order valence-corrected chi connectivity index (χ2v) is 12.6. The first-order chi connectivity index (χ1) is 22.2. The van der Waals surface area contributed by atoms with Gasteiger partial charge in [0.2, 0.25) is 5.43 Å². The van der Waals surface area contributed by atoms with Crippen molar-refractivity contribution in [2.24, 2.45) is 0 Å². The monoisotopic (exact) mass is 628 g/mol. The summed E-state index contributed by atoms with van der Waals surface area (Å²) in [5.41, 5.74) is 2.71. The molecule has 4 aromatic rings. The van der Waals surface area contributed by atoms with E-state index in [2.05, 4.69) is 27.3 Å². The number of fused-ring (bicyclic) bond motifs is 2. The zero-order valence-electron chi connectivity index (χ0n) is 25.6. The highest BCUT2D eigenvalue weighted by molar-refractivity contribution is 5.93. The quantitative estimate of drug-likeness (QED) is 0.226. The van der Waals surface area contributed by atoms with Gasteiger partial charge in [0, 0.05) is 62.1 Å². The first kappa shape index (κ1) is 30.0. The molecule has 0 amide bonds. The molecule has 7 rings (SSSR count). The van der Waals surface area contributed by atoms with E-state index in [9.17, 15) is 24.3 Å². The third-order valence-corrected chi connectivity index (χ3v) is 9.49. The van der Waals surface area contributed by atoms with Gasteiger partial charge >= 0.3 is 11.7 Å². The zero-order valence-corrected chi connectivity index (χ0v) is 25.6. The van der Waals surface area contributed by atoms with E-state index >= 15 is 4.39 Å². The van der Waals surface area contributed by atoms with E-state index in [1.807, 2.05) is 15.5 Å². The molecule has 0 bridgehead atoms. The first-order valence-corrected chi connectivity index (χ1v) is 16.1. The molecule has 3 heterocycles. The molecule has 2 aromatic heterocycles. The number of nitrogens with one attached hydrogen (secondary N) is 2. The van der Waals surface area contributed by atoms with Gasteiger partial charge in [0.1, 0.15) is 17.2 Å².